The van der Waals surface area contributed by atoms with Crippen molar-refractivity contribution in [2.24, 2.45) is 0 Å². The molecule has 1 rings (SSSR count). The predicted octanol–water partition coefficient (Wildman–Crippen LogP) is 0.470. The smallest absolute Gasteiger partial charge is 0.305 e. The lowest BCUT2D eigenvalue weighted by Gasteiger charge is -2.37. The lowest BCUT2D eigenvalue weighted by Crippen LogP contribution is -2.58. The van der Waals surface area contributed by atoms with Crippen LogP contribution >= 0.6 is 0 Å². The van der Waals surface area contributed by atoms with Gasteiger partial charge in [-0.05, 0) is 6.42 Å². The van der Waals surface area contributed by atoms with Gasteiger partial charge in [-0.15, -0.1) is 0 Å². The normalized spacial score (nSPS) is 31.1. The van der Waals surface area contributed by atoms with Gasteiger partial charge in [-0.1, -0.05) is 45.4 Å². The maximum absolute atomic E-state index is 11.6. The highest BCUT2D eigenvalue weighted by Crippen LogP contribution is 2.20. The molecule has 0 saturated carbocycles. The third kappa shape index (κ3) is 7.14. The van der Waals surface area contributed by atoms with Gasteiger partial charge >= 0.3 is 5.97 Å². The summed E-state index contributed by atoms with van der Waals surface area (Å²) >= 11 is 0. The summed E-state index contributed by atoms with van der Waals surface area (Å²) in [6.45, 7) is 1.90. The zero-order valence-electron chi connectivity index (χ0n) is 13.8. The van der Waals surface area contributed by atoms with Gasteiger partial charge in [0.25, 0.3) is 0 Å². The second-order valence-corrected chi connectivity index (χ2v) is 6.09. The van der Waals surface area contributed by atoms with Gasteiger partial charge in [-0.25, -0.2) is 0 Å². The molecule has 0 amide bonds. The Bertz CT molecular complexity index is 336. The Labute approximate surface area is 137 Å². The van der Waals surface area contributed by atoms with Gasteiger partial charge in [-0.3, -0.25) is 4.79 Å². The van der Waals surface area contributed by atoms with Crippen LogP contribution < -0.4 is 0 Å². The fraction of sp³-hybridized carbons (Fsp3) is 0.938. The standard InChI is InChI=1S/C16H30O7/c1-2-3-4-5-6-7-8-9-12(17)22-10-11-13(18)14(19)15(20)16(21)23-11/h11,13-16,18-21H,2-10H2,1H3/t11-,13-,14+,15+,16?/m1/s1. The Kier molecular flexibility index (Phi) is 9.66. The number of hydrogen-bond acceptors (Lipinski definition) is 7. The lowest BCUT2D eigenvalue weighted by atomic mass is 9.99. The molecular weight excluding hydrogens is 304 g/mol. The molecule has 0 bridgehead atoms. The second kappa shape index (κ2) is 10.9. The summed E-state index contributed by atoms with van der Waals surface area (Å²) in [5, 5.41) is 38.0. The molecule has 0 aromatic rings. The summed E-state index contributed by atoms with van der Waals surface area (Å²) < 4.78 is 9.93. The summed E-state index contributed by atoms with van der Waals surface area (Å²) in [5.41, 5.74) is 0. The van der Waals surface area contributed by atoms with Gasteiger partial charge in [0.2, 0.25) is 0 Å². The number of hydrogen-bond donors (Lipinski definition) is 4. The first kappa shape index (κ1) is 20.3. The molecule has 136 valence electrons. The van der Waals surface area contributed by atoms with E-state index < -0.39 is 36.7 Å². The lowest BCUT2D eigenvalue weighted by molar-refractivity contribution is -0.287. The number of esters is 1. The van der Waals surface area contributed by atoms with E-state index in [1.54, 1.807) is 0 Å². The molecule has 0 aromatic heterocycles. The van der Waals surface area contributed by atoms with Crippen molar-refractivity contribution in [3.05, 3.63) is 0 Å². The Morgan fingerprint density at radius 2 is 1.52 bits per heavy atom. The third-order valence-corrected chi connectivity index (χ3v) is 4.08. The van der Waals surface area contributed by atoms with Gasteiger partial charge in [0, 0.05) is 6.42 Å². The van der Waals surface area contributed by atoms with E-state index in [9.17, 15) is 25.2 Å². The van der Waals surface area contributed by atoms with Gasteiger partial charge in [0.15, 0.2) is 6.29 Å². The van der Waals surface area contributed by atoms with Crippen LogP contribution in [0.4, 0.5) is 0 Å². The van der Waals surface area contributed by atoms with Crippen molar-refractivity contribution in [3.63, 3.8) is 0 Å². The van der Waals surface area contributed by atoms with E-state index in [1.807, 2.05) is 0 Å². The third-order valence-electron chi connectivity index (χ3n) is 4.08. The monoisotopic (exact) mass is 334 g/mol. The van der Waals surface area contributed by atoms with Crippen LogP contribution in [-0.2, 0) is 14.3 Å². The van der Waals surface area contributed by atoms with Gasteiger partial charge < -0.3 is 29.9 Å². The molecule has 4 N–H and O–H groups in total. The molecule has 23 heavy (non-hydrogen) atoms. The minimum Gasteiger partial charge on any atom is -0.463 e. The average Bonchev–Trinajstić information content (AvgIpc) is 2.54. The van der Waals surface area contributed by atoms with Crippen molar-refractivity contribution in [1.29, 1.82) is 0 Å². The number of unbranched alkanes of at least 4 members (excludes halogenated alkanes) is 6. The summed E-state index contributed by atoms with van der Waals surface area (Å²) in [6.07, 6.45) is 0.806. The summed E-state index contributed by atoms with van der Waals surface area (Å²) in [6, 6.07) is 0. The zero-order valence-corrected chi connectivity index (χ0v) is 13.8. The minimum absolute atomic E-state index is 0.267. The average molecular weight is 334 g/mol. The number of rotatable bonds is 10. The Morgan fingerprint density at radius 1 is 0.913 bits per heavy atom. The van der Waals surface area contributed by atoms with Crippen molar-refractivity contribution in [2.45, 2.75) is 89.0 Å². The van der Waals surface area contributed by atoms with Gasteiger partial charge in [0.05, 0.1) is 0 Å². The van der Waals surface area contributed by atoms with Crippen molar-refractivity contribution in [3.8, 4) is 0 Å². The molecule has 7 heteroatoms. The van der Waals surface area contributed by atoms with E-state index in [4.69, 9.17) is 9.47 Å². The predicted molar refractivity (Wildman–Crippen MR) is 82.5 cm³/mol. The van der Waals surface area contributed by atoms with Crippen molar-refractivity contribution < 1.29 is 34.7 Å². The summed E-state index contributed by atoms with van der Waals surface area (Å²) in [5.74, 6) is -0.399. The first-order valence-corrected chi connectivity index (χ1v) is 8.50. The largest absolute Gasteiger partial charge is 0.463 e. The van der Waals surface area contributed by atoms with Gasteiger partial charge in [-0.2, -0.15) is 0 Å². The molecule has 1 fully saturated rings. The van der Waals surface area contributed by atoms with Crippen LogP contribution in [0.15, 0.2) is 0 Å². The molecule has 5 atom stereocenters. The first-order valence-electron chi connectivity index (χ1n) is 8.50. The highest BCUT2D eigenvalue weighted by molar-refractivity contribution is 5.69. The Morgan fingerprint density at radius 3 is 2.17 bits per heavy atom. The molecule has 1 unspecified atom stereocenters. The number of carbonyl (C=O) groups is 1. The van der Waals surface area contributed by atoms with E-state index in [1.165, 1.54) is 25.7 Å². The molecule has 0 spiro atoms. The maximum atomic E-state index is 11.6. The Balaban J connectivity index is 2.13. The fourth-order valence-electron chi connectivity index (χ4n) is 2.54. The second-order valence-electron chi connectivity index (χ2n) is 6.09. The van der Waals surface area contributed by atoms with Crippen LogP contribution in [0.25, 0.3) is 0 Å². The van der Waals surface area contributed by atoms with E-state index in [0.717, 1.165) is 19.3 Å². The van der Waals surface area contributed by atoms with Crippen molar-refractivity contribution in [2.75, 3.05) is 6.61 Å². The summed E-state index contributed by atoms with van der Waals surface area (Å²) in [4.78, 5) is 11.6. The molecule has 0 aromatic carbocycles. The van der Waals surface area contributed by atoms with E-state index in [0.29, 0.717) is 6.42 Å². The molecule has 1 heterocycles. The highest BCUT2D eigenvalue weighted by atomic mass is 16.6. The molecule has 7 nitrogen and oxygen atoms in total. The minimum atomic E-state index is -1.61. The van der Waals surface area contributed by atoms with Crippen LogP contribution in [0.1, 0.15) is 58.3 Å². The van der Waals surface area contributed by atoms with Crippen molar-refractivity contribution in [1.82, 2.24) is 0 Å². The first-order chi connectivity index (χ1) is 11.0. The Hall–Kier alpha value is -0.730. The molecule has 1 saturated heterocycles. The quantitative estimate of drug-likeness (QED) is 0.339. The molecule has 0 radical (unpaired) electrons. The number of aliphatic hydroxyl groups excluding tert-OH is 4. The molecular formula is C16H30O7. The molecule has 1 aliphatic heterocycles. The topological polar surface area (TPSA) is 116 Å². The van der Waals surface area contributed by atoms with Crippen LogP contribution in [0.2, 0.25) is 0 Å². The van der Waals surface area contributed by atoms with E-state index >= 15 is 0 Å². The number of aliphatic hydroxyl groups is 4. The summed E-state index contributed by atoms with van der Waals surface area (Å²) in [7, 11) is 0. The van der Waals surface area contributed by atoms with Crippen molar-refractivity contribution >= 4 is 5.97 Å². The van der Waals surface area contributed by atoms with Crippen LogP contribution in [-0.4, -0.2) is 63.7 Å². The van der Waals surface area contributed by atoms with E-state index in [2.05, 4.69) is 6.92 Å². The molecule has 1 aliphatic rings. The van der Waals surface area contributed by atoms with Crippen LogP contribution in [0.3, 0.4) is 0 Å². The zero-order chi connectivity index (χ0) is 17.2. The van der Waals surface area contributed by atoms with Crippen LogP contribution in [0.5, 0.6) is 0 Å². The fourth-order valence-corrected chi connectivity index (χ4v) is 2.54. The van der Waals surface area contributed by atoms with E-state index in [-0.39, 0.29) is 6.61 Å². The molecule has 0 aliphatic carbocycles. The number of ether oxygens (including phenoxy) is 2. The SMILES string of the molecule is CCCCCCCCCC(=O)OC[C@H]1OC(O)[C@@H](O)[C@@H](O)[C@@H]1O. The number of carbonyl (C=O) groups excluding carboxylic acids is 1. The van der Waals surface area contributed by atoms with Gasteiger partial charge in [0.1, 0.15) is 31.0 Å². The van der Waals surface area contributed by atoms with Crippen LogP contribution in [0, 0.1) is 0 Å². The maximum Gasteiger partial charge on any atom is 0.305 e. The highest BCUT2D eigenvalue weighted by Gasteiger charge is 2.43.